The lowest BCUT2D eigenvalue weighted by Crippen LogP contribution is -2.07. The molecule has 0 aliphatic carbocycles. The molecule has 0 saturated carbocycles. The molecular weight excluding hydrogens is 378 g/mol. The van der Waals surface area contributed by atoms with Crippen LogP contribution < -0.4 is 5.32 Å². The molecular formula is C21H22ClN3OS. The summed E-state index contributed by atoms with van der Waals surface area (Å²) in [6, 6.07) is 9.47. The van der Waals surface area contributed by atoms with Crippen molar-refractivity contribution in [2.45, 2.75) is 33.7 Å². The van der Waals surface area contributed by atoms with Crippen molar-refractivity contribution in [3.8, 4) is 11.3 Å². The van der Waals surface area contributed by atoms with Gasteiger partial charge in [-0.2, -0.15) is 0 Å². The molecule has 0 atom stereocenters. The normalized spacial score (nSPS) is 11.3. The number of halogens is 1. The minimum absolute atomic E-state index is 0.206. The smallest absolute Gasteiger partial charge is 0.250 e. The van der Waals surface area contributed by atoms with Gasteiger partial charge in [-0.1, -0.05) is 30.7 Å². The summed E-state index contributed by atoms with van der Waals surface area (Å²) in [6.07, 6.45) is 4.34. The van der Waals surface area contributed by atoms with Gasteiger partial charge in [-0.15, -0.1) is 11.3 Å². The fourth-order valence-corrected chi connectivity index (χ4v) is 3.82. The largest absolute Gasteiger partial charge is 0.348 e. The zero-order valence-corrected chi connectivity index (χ0v) is 17.2. The zero-order chi connectivity index (χ0) is 19.4. The highest BCUT2D eigenvalue weighted by atomic mass is 35.5. The number of anilines is 1. The van der Waals surface area contributed by atoms with E-state index in [-0.39, 0.29) is 5.91 Å². The molecule has 6 heteroatoms. The fraction of sp³-hybridized carbons (Fsp3) is 0.238. The molecule has 3 aromatic rings. The number of hydrogen-bond acceptors (Lipinski definition) is 3. The third-order valence-electron chi connectivity index (χ3n) is 4.33. The van der Waals surface area contributed by atoms with Crippen LogP contribution in [0.15, 0.2) is 41.8 Å². The van der Waals surface area contributed by atoms with Crippen LogP contribution in [0.2, 0.25) is 5.02 Å². The maximum absolute atomic E-state index is 12.1. The maximum Gasteiger partial charge on any atom is 0.250 e. The Morgan fingerprint density at radius 2 is 2.04 bits per heavy atom. The number of carbonyl (C=O) groups excluding carboxylic acids is 1. The van der Waals surface area contributed by atoms with Crippen LogP contribution in [0.4, 0.5) is 5.13 Å². The third kappa shape index (κ3) is 4.67. The van der Waals surface area contributed by atoms with Gasteiger partial charge >= 0.3 is 0 Å². The van der Waals surface area contributed by atoms with E-state index in [0.29, 0.717) is 10.2 Å². The van der Waals surface area contributed by atoms with E-state index in [1.807, 2.05) is 17.5 Å². The predicted octanol–water partition coefficient (Wildman–Crippen LogP) is 5.94. The lowest BCUT2D eigenvalue weighted by atomic mass is 10.2. The molecule has 0 unspecified atom stereocenters. The Kier molecular flexibility index (Phi) is 6.14. The van der Waals surface area contributed by atoms with E-state index >= 15 is 0 Å². The van der Waals surface area contributed by atoms with E-state index < -0.39 is 0 Å². The topological polar surface area (TPSA) is 46.9 Å². The molecule has 0 aliphatic heterocycles. The Labute approximate surface area is 168 Å². The van der Waals surface area contributed by atoms with Gasteiger partial charge in [0.15, 0.2) is 5.13 Å². The van der Waals surface area contributed by atoms with E-state index in [1.54, 1.807) is 18.2 Å². The van der Waals surface area contributed by atoms with Crippen LogP contribution in [0.1, 0.15) is 30.3 Å². The maximum atomic E-state index is 12.1. The molecule has 0 aliphatic rings. The van der Waals surface area contributed by atoms with Crippen LogP contribution in [-0.4, -0.2) is 15.5 Å². The summed E-state index contributed by atoms with van der Waals surface area (Å²) in [5.41, 5.74) is 5.37. The van der Waals surface area contributed by atoms with Crippen molar-refractivity contribution in [1.82, 2.24) is 9.55 Å². The van der Waals surface area contributed by atoms with Crippen LogP contribution in [-0.2, 0) is 11.3 Å². The van der Waals surface area contributed by atoms with Crippen molar-refractivity contribution >= 4 is 40.1 Å². The van der Waals surface area contributed by atoms with Gasteiger partial charge in [0.1, 0.15) is 0 Å². The highest BCUT2D eigenvalue weighted by Crippen LogP contribution is 2.30. The van der Waals surface area contributed by atoms with E-state index in [0.717, 1.165) is 29.8 Å². The van der Waals surface area contributed by atoms with E-state index in [4.69, 9.17) is 11.6 Å². The summed E-state index contributed by atoms with van der Waals surface area (Å²) in [5, 5.41) is 6.08. The number of amides is 1. The minimum atomic E-state index is -0.206. The average molecular weight is 400 g/mol. The number of aryl methyl sites for hydroxylation is 1. The van der Waals surface area contributed by atoms with Gasteiger partial charge in [0.2, 0.25) is 5.91 Å². The second kappa shape index (κ2) is 8.55. The summed E-state index contributed by atoms with van der Waals surface area (Å²) in [7, 11) is 0. The summed E-state index contributed by atoms with van der Waals surface area (Å²) in [6.45, 7) is 7.40. The summed E-state index contributed by atoms with van der Waals surface area (Å²) in [5.74, 6) is -0.206. The molecule has 2 heterocycles. The molecule has 140 valence electrons. The molecule has 27 heavy (non-hydrogen) atoms. The first-order valence-corrected chi connectivity index (χ1v) is 10.1. The number of rotatable bonds is 6. The molecule has 2 aromatic heterocycles. The monoisotopic (exact) mass is 399 g/mol. The standard InChI is InChI=1S/C21H22ClN3OS/c1-4-11-25-14(2)12-18(15(25)3)19-13-27-21(23-19)24-20(26)10-7-16-5-8-17(22)9-6-16/h5-10,12-13H,4,11H2,1-3H3,(H,23,24,26)/b10-7+. The number of benzene rings is 1. The summed E-state index contributed by atoms with van der Waals surface area (Å²) in [4.78, 5) is 16.7. The SMILES string of the molecule is CCCn1c(C)cc(-c2csc(NC(=O)/C=C/c3ccc(Cl)cc3)n2)c1C. The van der Waals surface area contributed by atoms with Crippen LogP contribution in [0, 0.1) is 13.8 Å². The number of thiazole rings is 1. The summed E-state index contributed by atoms with van der Waals surface area (Å²) < 4.78 is 2.31. The first-order valence-electron chi connectivity index (χ1n) is 8.85. The van der Waals surface area contributed by atoms with E-state index in [1.165, 1.54) is 28.8 Å². The Bertz CT molecular complexity index is 970. The Morgan fingerprint density at radius 1 is 1.30 bits per heavy atom. The molecule has 0 radical (unpaired) electrons. The minimum Gasteiger partial charge on any atom is -0.348 e. The molecule has 0 spiro atoms. The highest BCUT2D eigenvalue weighted by Gasteiger charge is 2.13. The van der Waals surface area contributed by atoms with E-state index in [2.05, 4.69) is 41.7 Å². The molecule has 4 nitrogen and oxygen atoms in total. The number of aromatic nitrogens is 2. The van der Waals surface area contributed by atoms with Crippen LogP contribution in [0.5, 0.6) is 0 Å². The average Bonchev–Trinajstić information content (AvgIpc) is 3.21. The Hall–Kier alpha value is -2.37. The van der Waals surface area contributed by atoms with Gasteiger partial charge in [-0.25, -0.2) is 4.98 Å². The van der Waals surface area contributed by atoms with Crippen molar-refractivity contribution in [3.05, 3.63) is 63.8 Å². The predicted molar refractivity (Wildman–Crippen MR) is 114 cm³/mol. The van der Waals surface area contributed by atoms with Crippen molar-refractivity contribution in [2.75, 3.05) is 5.32 Å². The zero-order valence-electron chi connectivity index (χ0n) is 15.6. The molecule has 1 aromatic carbocycles. The summed E-state index contributed by atoms with van der Waals surface area (Å²) >= 11 is 7.29. The van der Waals surface area contributed by atoms with Crippen molar-refractivity contribution in [2.24, 2.45) is 0 Å². The van der Waals surface area contributed by atoms with Crippen molar-refractivity contribution in [3.63, 3.8) is 0 Å². The molecule has 3 rings (SSSR count). The quantitative estimate of drug-likeness (QED) is 0.521. The first kappa shape index (κ1) is 19.4. The van der Waals surface area contributed by atoms with Crippen LogP contribution in [0.3, 0.4) is 0 Å². The molecule has 1 amide bonds. The van der Waals surface area contributed by atoms with Gasteiger partial charge in [0.05, 0.1) is 5.69 Å². The second-order valence-corrected chi connectivity index (χ2v) is 7.64. The number of hydrogen-bond donors (Lipinski definition) is 1. The van der Waals surface area contributed by atoms with Gasteiger partial charge in [-0.05, 0) is 50.1 Å². The molecule has 0 saturated heterocycles. The number of carbonyl (C=O) groups is 1. The lowest BCUT2D eigenvalue weighted by Gasteiger charge is -2.07. The number of nitrogens with one attached hydrogen (secondary N) is 1. The van der Waals surface area contributed by atoms with Crippen LogP contribution >= 0.6 is 22.9 Å². The molecule has 1 N–H and O–H groups in total. The Balaban J connectivity index is 1.70. The van der Waals surface area contributed by atoms with Crippen molar-refractivity contribution < 1.29 is 4.79 Å². The van der Waals surface area contributed by atoms with Crippen molar-refractivity contribution in [1.29, 1.82) is 0 Å². The highest BCUT2D eigenvalue weighted by molar-refractivity contribution is 7.14. The third-order valence-corrected chi connectivity index (χ3v) is 5.34. The second-order valence-electron chi connectivity index (χ2n) is 6.35. The fourth-order valence-electron chi connectivity index (χ4n) is 2.98. The van der Waals surface area contributed by atoms with Gasteiger partial charge in [-0.3, -0.25) is 10.1 Å². The number of nitrogens with zero attached hydrogens (tertiary/aromatic N) is 2. The van der Waals surface area contributed by atoms with Crippen LogP contribution in [0.25, 0.3) is 17.3 Å². The van der Waals surface area contributed by atoms with Gasteiger partial charge in [0, 0.05) is 40.0 Å². The van der Waals surface area contributed by atoms with Gasteiger partial charge in [0.25, 0.3) is 0 Å². The molecule has 0 bridgehead atoms. The first-order chi connectivity index (χ1) is 13.0. The van der Waals surface area contributed by atoms with E-state index in [9.17, 15) is 4.79 Å². The Morgan fingerprint density at radius 3 is 2.74 bits per heavy atom. The van der Waals surface area contributed by atoms with Gasteiger partial charge < -0.3 is 4.57 Å². The molecule has 0 fully saturated rings. The lowest BCUT2D eigenvalue weighted by molar-refractivity contribution is -0.111.